The highest BCUT2D eigenvalue weighted by Gasteiger charge is 2.17. The fraction of sp³-hybridized carbons (Fsp3) is 0.148. The Hall–Kier alpha value is -4.70. The van der Waals surface area contributed by atoms with Crippen molar-refractivity contribution in [3.05, 3.63) is 73.2 Å². The lowest BCUT2D eigenvalue weighted by Crippen LogP contribution is -2.19. The number of hydrogen-bond acceptors (Lipinski definition) is 7. The largest absolute Gasteiger partial charge is 0.492 e. The molecular formula is C27H23FN8O. The quantitative estimate of drug-likeness (QED) is 0.331. The third kappa shape index (κ3) is 4.50. The Labute approximate surface area is 211 Å². The first kappa shape index (κ1) is 22.7. The van der Waals surface area contributed by atoms with E-state index in [9.17, 15) is 4.39 Å². The summed E-state index contributed by atoms with van der Waals surface area (Å²) in [6, 6.07) is 12.4. The monoisotopic (exact) mass is 494 g/mol. The smallest absolute Gasteiger partial charge is 0.159 e. The van der Waals surface area contributed by atoms with Gasteiger partial charge < -0.3 is 14.6 Å². The summed E-state index contributed by atoms with van der Waals surface area (Å²) in [7, 11) is 3.93. The summed E-state index contributed by atoms with van der Waals surface area (Å²) >= 11 is 0. The van der Waals surface area contributed by atoms with Crippen LogP contribution in [0.15, 0.2) is 67.4 Å². The average molecular weight is 495 g/mol. The van der Waals surface area contributed by atoms with Crippen LogP contribution in [0, 0.1) is 5.82 Å². The standard InChI is InChI=1S/C27H23FN8O/c1-36(2)6-7-37-19-9-16(8-18(28)10-19)20-4-3-5-22-25(20)33-27(32-22)26-21-11-23(17-12-29-15-30-13-17)31-14-24(21)34-35-26/h3-5,8-15H,6-7H2,1-2H3,(H,32,33)(H,34,35). The second-order valence-electron chi connectivity index (χ2n) is 8.93. The highest BCUT2D eigenvalue weighted by molar-refractivity contribution is 5.97. The summed E-state index contributed by atoms with van der Waals surface area (Å²) in [5, 5.41) is 8.38. The van der Waals surface area contributed by atoms with Gasteiger partial charge in [-0.05, 0) is 43.9 Å². The molecule has 6 aromatic rings. The van der Waals surface area contributed by atoms with Crippen LogP contribution in [0.4, 0.5) is 4.39 Å². The zero-order valence-corrected chi connectivity index (χ0v) is 20.2. The first-order valence-electron chi connectivity index (χ1n) is 11.7. The number of halogens is 1. The minimum absolute atomic E-state index is 0.367. The van der Waals surface area contributed by atoms with Crippen LogP contribution >= 0.6 is 0 Å². The lowest BCUT2D eigenvalue weighted by molar-refractivity contribution is 0.260. The highest BCUT2D eigenvalue weighted by atomic mass is 19.1. The SMILES string of the molecule is CN(C)CCOc1cc(F)cc(-c2cccc3[nH]c(-c4n[nH]c5cnc(-c6cncnc6)cc45)nc23)c1. The number of nitrogens with one attached hydrogen (secondary N) is 2. The number of ether oxygens (including phenoxy) is 1. The number of hydrogen-bond donors (Lipinski definition) is 2. The number of pyridine rings is 1. The average Bonchev–Trinajstić information content (AvgIpc) is 3.52. The molecule has 4 heterocycles. The van der Waals surface area contributed by atoms with Crippen molar-refractivity contribution in [2.75, 3.05) is 27.2 Å². The number of aromatic amines is 2. The van der Waals surface area contributed by atoms with E-state index >= 15 is 0 Å². The molecule has 0 unspecified atom stereocenters. The van der Waals surface area contributed by atoms with Crippen LogP contribution in [0.5, 0.6) is 5.75 Å². The normalized spacial score (nSPS) is 11.6. The van der Waals surface area contributed by atoms with E-state index in [1.165, 1.54) is 18.5 Å². The zero-order valence-electron chi connectivity index (χ0n) is 20.2. The Bertz CT molecular complexity index is 1710. The molecule has 10 heteroatoms. The van der Waals surface area contributed by atoms with Crippen molar-refractivity contribution >= 4 is 21.9 Å². The van der Waals surface area contributed by atoms with Crippen molar-refractivity contribution in [3.8, 4) is 39.7 Å². The first-order chi connectivity index (χ1) is 18.0. The molecule has 37 heavy (non-hydrogen) atoms. The maximum Gasteiger partial charge on any atom is 0.159 e. The van der Waals surface area contributed by atoms with Crippen LogP contribution in [0.1, 0.15) is 0 Å². The van der Waals surface area contributed by atoms with Crippen LogP contribution in [0.3, 0.4) is 0 Å². The predicted octanol–water partition coefficient (Wildman–Crippen LogP) is 4.70. The predicted molar refractivity (Wildman–Crippen MR) is 139 cm³/mol. The van der Waals surface area contributed by atoms with Gasteiger partial charge in [-0.3, -0.25) is 10.1 Å². The van der Waals surface area contributed by atoms with Crippen molar-refractivity contribution < 1.29 is 9.13 Å². The third-order valence-electron chi connectivity index (χ3n) is 6.03. The molecule has 6 rings (SSSR count). The minimum Gasteiger partial charge on any atom is -0.492 e. The van der Waals surface area contributed by atoms with E-state index in [1.54, 1.807) is 18.6 Å². The van der Waals surface area contributed by atoms with Crippen LogP contribution in [-0.2, 0) is 0 Å². The van der Waals surface area contributed by atoms with Crippen molar-refractivity contribution in [2.45, 2.75) is 0 Å². The Morgan fingerprint density at radius 1 is 0.973 bits per heavy atom. The molecule has 0 amide bonds. The molecule has 0 bridgehead atoms. The Kier molecular flexibility index (Phi) is 5.78. The Balaban J connectivity index is 1.41. The van der Waals surface area contributed by atoms with Crippen molar-refractivity contribution in [2.24, 2.45) is 0 Å². The van der Waals surface area contributed by atoms with Gasteiger partial charge in [-0.15, -0.1) is 0 Å². The summed E-state index contributed by atoms with van der Waals surface area (Å²) in [6.07, 6.45) is 6.64. The molecule has 0 fully saturated rings. The molecule has 4 aromatic heterocycles. The van der Waals surface area contributed by atoms with E-state index in [4.69, 9.17) is 9.72 Å². The molecule has 0 atom stereocenters. The molecule has 2 aromatic carbocycles. The lowest BCUT2D eigenvalue weighted by Gasteiger charge is -2.12. The van der Waals surface area contributed by atoms with Gasteiger partial charge in [-0.1, -0.05) is 12.1 Å². The van der Waals surface area contributed by atoms with E-state index in [1.807, 2.05) is 49.3 Å². The van der Waals surface area contributed by atoms with Crippen molar-refractivity contribution in [3.63, 3.8) is 0 Å². The van der Waals surface area contributed by atoms with Gasteiger partial charge in [0.05, 0.1) is 28.4 Å². The van der Waals surface area contributed by atoms with E-state index in [-0.39, 0.29) is 5.82 Å². The molecule has 0 saturated carbocycles. The summed E-state index contributed by atoms with van der Waals surface area (Å²) in [5.41, 5.74) is 5.97. The molecule has 0 aliphatic rings. The molecule has 0 saturated heterocycles. The fourth-order valence-corrected chi connectivity index (χ4v) is 4.21. The topological polar surface area (TPSA) is 108 Å². The van der Waals surface area contributed by atoms with Crippen molar-refractivity contribution in [1.29, 1.82) is 0 Å². The van der Waals surface area contributed by atoms with Gasteiger partial charge in [-0.2, -0.15) is 5.10 Å². The second kappa shape index (κ2) is 9.40. The highest BCUT2D eigenvalue weighted by Crippen LogP contribution is 2.34. The minimum atomic E-state index is -0.367. The zero-order chi connectivity index (χ0) is 25.4. The van der Waals surface area contributed by atoms with Gasteiger partial charge in [-0.25, -0.2) is 19.3 Å². The van der Waals surface area contributed by atoms with Crippen molar-refractivity contribution in [1.82, 2.24) is 40.0 Å². The number of benzene rings is 2. The maximum absolute atomic E-state index is 14.5. The Morgan fingerprint density at radius 3 is 2.68 bits per heavy atom. The van der Waals surface area contributed by atoms with Crippen LogP contribution in [0.25, 0.3) is 55.8 Å². The number of fused-ring (bicyclic) bond motifs is 2. The number of H-pyrrole nitrogens is 2. The molecule has 9 nitrogen and oxygen atoms in total. The number of likely N-dealkylation sites (N-methyl/N-ethyl adjacent to an activating group) is 1. The summed E-state index contributed by atoms with van der Waals surface area (Å²) in [4.78, 5) is 22.9. The summed E-state index contributed by atoms with van der Waals surface area (Å²) in [5.74, 6) is 0.704. The molecule has 184 valence electrons. The Morgan fingerprint density at radius 2 is 1.84 bits per heavy atom. The van der Waals surface area contributed by atoms with Gasteiger partial charge >= 0.3 is 0 Å². The van der Waals surface area contributed by atoms with Gasteiger partial charge in [0.25, 0.3) is 0 Å². The maximum atomic E-state index is 14.5. The van der Waals surface area contributed by atoms with Gasteiger partial charge in [0, 0.05) is 41.5 Å². The molecule has 2 N–H and O–H groups in total. The van der Waals surface area contributed by atoms with Crippen LogP contribution in [0.2, 0.25) is 0 Å². The number of rotatable bonds is 7. The van der Waals surface area contributed by atoms with Gasteiger partial charge in [0.1, 0.15) is 30.2 Å². The molecule has 0 aliphatic heterocycles. The molecule has 0 radical (unpaired) electrons. The van der Waals surface area contributed by atoms with E-state index in [0.29, 0.717) is 35.0 Å². The molecule has 0 spiro atoms. The number of imidazole rings is 1. The van der Waals surface area contributed by atoms with Gasteiger partial charge in [0.2, 0.25) is 0 Å². The lowest BCUT2D eigenvalue weighted by atomic mass is 10.0. The van der Waals surface area contributed by atoms with E-state index in [0.717, 1.165) is 39.8 Å². The van der Waals surface area contributed by atoms with E-state index in [2.05, 4.69) is 30.1 Å². The number of aromatic nitrogens is 7. The number of nitrogens with zero attached hydrogens (tertiary/aromatic N) is 6. The number of para-hydroxylation sites is 1. The first-order valence-corrected chi connectivity index (χ1v) is 11.7. The molecule has 0 aliphatic carbocycles. The van der Waals surface area contributed by atoms with Crippen LogP contribution in [-0.4, -0.2) is 67.3 Å². The van der Waals surface area contributed by atoms with Crippen LogP contribution < -0.4 is 4.74 Å². The third-order valence-corrected chi connectivity index (χ3v) is 6.03. The fourth-order valence-electron chi connectivity index (χ4n) is 4.21. The molecular weight excluding hydrogens is 471 g/mol. The van der Waals surface area contributed by atoms with Gasteiger partial charge in [0.15, 0.2) is 5.82 Å². The van der Waals surface area contributed by atoms with E-state index < -0.39 is 0 Å². The summed E-state index contributed by atoms with van der Waals surface area (Å²) < 4.78 is 20.3. The second-order valence-corrected chi connectivity index (χ2v) is 8.93. The summed E-state index contributed by atoms with van der Waals surface area (Å²) in [6.45, 7) is 1.20.